The van der Waals surface area contributed by atoms with E-state index in [1.807, 2.05) is 12.1 Å². The van der Waals surface area contributed by atoms with Crippen LogP contribution in [0.15, 0.2) is 36.4 Å². The summed E-state index contributed by atoms with van der Waals surface area (Å²) in [7, 11) is 1.76. The van der Waals surface area contributed by atoms with Crippen molar-refractivity contribution >= 4 is 40.4 Å². The van der Waals surface area contributed by atoms with Crippen molar-refractivity contribution in [2.75, 3.05) is 12.4 Å². The third-order valence-electron chi connectivity index (χ3n) is 4.19. The molecule has 3 rings (SSSR count). The predicted octanol–water partition coefficient (Wildman–Crippen LogP) is 4.27. The molecule has 2 atom stereocenters. The van der Waals surface area contributed by atoms with Gasteiger partial charge in [-0.05, 0) is 42.7 Å². The Bertz CT molecular complexity index is 774. The summed E-state index contributed by atoms with van der Waals surface area (Å²) in [5.74, 6) is 0.512. The van der Waals surface area contributed by atoms with Crippen LogP contribution in [0.4, 0.5) is 5.69 Å². The Morgan fingerprint density at radius 3 is 2.71 bits per heavy atom. The summed E-state index contributed by atoms with van der Waals surface area (Å²) in [4.78, 5) is 27.3. The number of benzene rings is 1. The van der Waals surface area contributed by atoms with Crippen molar-refractivity contribution < 1.29 is 9.59 Å². The molecule has 1 heterocycles. The highest BCUT2D eigenvalue weighted by atomic mass is 35.5. The lowest BCUT2D eigenvalue weighted by molar-refractivity contribution is -0.117. The van der Waals surface area contributed by atoms with Gasteiger partial charge in [-0.25, -0.2) is 0 Å². The van der Waals surface area contributed by atoms with Gasteiger partial charge in [0.2, 0.25) is 5.91 Å². The van der Waals surface area contributed by atoms with E-state index >= 15 is 0 Å². The van der Waals surface area contributed by atoms with E-state index in [9.17, 15) is 9.59 Å². The molecule has 2 unspecified atom stereocenters. The van der Waals surface area contributed by atoms with Crippen LogP contribution in [0.3, 0.4) is 0 Å². The second-order valence-electron chi connectivity index (χ2n) is 6.26. The molecule has 126 valence electrons. The molecule has 1 fully saturated rings. The highest BCUT2D eigenvalue weighted by Crippen LogP contribution is 2.38. The average Bonchev–Trinajstić information content (AvgIpc) is 3.15. The van der Waals surface area contributed by atoms with E-state index in [-0.39, 0.29) is 17.7 Å². The minimum Gasteiger partial charge on any atom is -0.337 e. The van der Waals surface area contributed by atoms with Crippen LogP contribution in [0.25, 0.3) is 0 Å². The minimum absolute atomic E-state index is 0.0358. The number of anilines is 1. The van der Waals surface area contributed by atoms with Gasteiger partial charge in [0.1, 0.15) is 0 Å². The van der Waals surface area contributed by atoms with E-state index in [1.54, 1.807) is 36.2 Å². The second kappa shape index (κ2) is 6.95. The number of nitrogens with zero attached hydrogens (tertiary/aromatic N) is 1. The zero-order valence-electron chi connectivity index (χ0n) is 13.6. The predicted molar refractivity (Wildman–Crippen MR) is 97.5 cm³/mol. The van der Waals surface area contributed by atoms with E-state index in [4.69, 9.17) is 11.6 Å². The van der Waals surface area contributed by atoms with Gasteiger partial charge in [0.05, 0.1) is 10.9 Å². The molecule has 0 saturated heterocycles. The lowest BCUT2D eigenvalue weighted by atomic mass is 10.1. The summed E-state index contributed by atoms with van der Waals surface area (Å²) in [6.45, 7) is 2.57. The fraction of sp³-hybridized carbons (Fsp3) is 0.333. The lowest BCUT2D eigenvalue weighted by Gasteiger charge is -2.17. The standard InChI is InChI=1S/C18H19ClN2O2S/c1-11-8-15(11)17(22)20-13-5-3-4-12(9-13)18(23)21(2)10-14-6-7-16(19)24-14/h3-7,9,11,15H,8,10H2,1-2H3,(H,20,22). The maximum atomic E-state index is 12.6. The van der Waals surface area contributed by atoms with Crippen LogP contribution in [0.2, 0.25) is 4.34 Å². The summed E-state index contributed by atoms with van der Waals surface area (Å²) in [6, 6.07) is 10.8. The molecule has 1 N–H and O–H groups in total. The van der Waals surface area contributed by atoms with Crippen molar-refractivity contribution in [2.24, 2.45) is 11.8 Å². The van der Waals surface area contributed by atoms with Gasteiger partial charge in [-0.15, -0.1) is 11.3 Å². The zero-order chi connectivity index (χ0) is 17.3. The Labute approximate surface area is 150 Å². The Morgan fingerprint density at radius 1 is 1.33 bits per heavy atom. The number of hydrogen-bond acceptors (Lipinski definition) is 3. The molecule has 1 aliphatic carbocycles. The fourth-order valence-corrected chi connectivity index (χ4v) is 3.76. The van der Waals surface area contributed by atoms with Crippen molar-refractivity contribution in [1.82, 2.24) is 4.90 Å². The van der Waals surface area contributed by atoms with Gasteiger partial charge in [0.15, 0.2) is 0 Å². The van der Waals surface area contributed by atoms with Crippen molar-refractivity contribution in [1.29, 1.82) is 0 Å². The van der Waals surface area contributed by atoms with Gasteiger partial charge >= 0.3 is 0 Å². The lowest BCUT2D eigenvalue weighted by Crippen LogP contribution is -2.26. The average molecular weight is 363 g/mol. The third-order valence-corrected chi connectivity index (χ3v) is 5.41. The van der Waals surface area contributed by atoms with E-state index in [0.717, 1.165) is 11.3 Å². The maximum absolute atomic E-state index is 12.6. The Hall–Kier alpha value is -1.85. The summed E-state index contributed by atoms with van der Waals surface area (Å²) >= 11 is 7.39. The van der Waals surface area contributed by atoms with Crippen molar-refractivity contribution in [3.63, 3.8) is 0 Å². The summed E-state index contributed by atoms with van der Waals surface area (Å²) in [6.07, 6.45) is 0.941. The zero-order valence-corrected chi connectivity index (χ0v) is 15.2. The number of carbonyl (C=O) groups excluding carboxylic acids is 2. The normalized spacial score (nSPS) is 19.0. The molecule has 1 aromatic heterocycles. The van der Waals surface area contributed by atoms with E-state index in [0.29, 0.717) is 28.0 Å². The molecule has 24 heavy (non-hydrogen) atoms. The highest BCUT2D eigenvalue weighted by molar-refractivity contribution is 7.16. The first-order chi connectivity index (χ1) is 11.4. The molecule has 0 bridgehead atoms. The number of thiophene rings is 1. The van der Waals surface area contributed by atoms with Gasteiger partial charge in [-0.1, -0.05) is 24.6 Å². The van der Waals surface area contributed by atoms with E-state index in [2.05, 4.69) is 12.2 Å². The number of hydrogen-bond donors (Lipinski definition) is 1. The van der Waals surface area contributed by atoms with Crippen molar-refractivity contribution in [3.05, 3.63) is 51.2 Å². The minimum atomic E-state index is -0.0876. The van der Waals surface area contributed by atoms with Gasteiger partial charge < -0.3 is 10.2 Å². The molecule has 0 aliphatic heterocycles. The summed E-state index contributed by atoms with van der Waals surface area (Å²) < 4.78 is 0.713. The fourth-order valence-electron chi connectivity index (χ4n) is 2.62. The van der Waals surface area contributed by atoms with Crippen LogP contribution in [0.1, 0.15) is 28.6 Å². The van der Waals surface area contributed by atoms with Crippen LogP contribution in [-0.4, -0.2) is 23.8 Å². The van der Waals surface area contributed by atoms with Crippen LogP contribution >= 0.6 is 22.9 Å². The largest absolute Gasteiger partial charge is 0.337 e. The number of carbonyl (C=O) groups is 2. The summed E-state index contributed by atoms with van der Waals surface area (Å²) in [5, 5.41) is 2.90. The topological polar surface area (TPSA) is 49.4 Å². The first-order valence-corrected chi connectivity index (χ1v) is 9.04. The number of nitrogens with one attached hydrogen (secondary N) is 1. The molecule has 4 nitrogen and oxygen atoms in total. The Morgan fingerprint density at radius 2 is 2.08 bits per heavy atom. The van der Waals surface area contributed by atoms with Gasteiger partial charge in [-0.2, -0.15) is 0 Å². The van der Waals surface area contributed by atoms with Crippen LogP contribution in [0, 0.1) is 11.8 Å². The molecule has 0 radical (unpaired) electrons. The van der Waals surface area contributed by atoms with Crippen molar-refractivity contribution in [2.45, 2.75) is 19.9 Å². The molecular formula is C18H19ClN2O2S. The molecule has 1 aliphatic rings. The van der Waals surface area contributed by atoms with Gasteiger partial charge in [-0.3, -0.25) is 9.59 Å². The maximum Gasteiger partial charge on any atom is 0.253 e. The van der Waals surface area contributed by atoms with Crippen molar-refractivity contribution in [3.8, 4) is 0 Å². The quantitative estimate of drug-likeness (QED) is 0.863. The van der Waals surface area contributed by atoms with Gasteiger partial charge in [0.25, 0.3) is 5.91 Å². The first-order valence-electron chi connectivity index (χ1n) is 7.84. The smallest absolute Gasteiger partial charge is 0.253 e. The van der Waals surface area contributed by atoms with Crippen LogP contribution in [0.5, 0.6) is 0 Å². The first kappa shape index (κ1) is 17.0. The number of amides is 2. The third kappa shape index (κ3) is 3.97. The Kier molecular flexibility index (Phi) is 4.92. The van der Waals surface area contributed by atoms with Gasteiger partial charge in [0, 0.05) is 29.1 Å². The number of rotatable bonds is 5. The van der Waals surface area contributed by atoms with E-state index in [1.165, 1.54) is 11.3 Å². The Balaban J connectivity index is 1.66. The molecule has 2 amide bonds. The molecule has 0 spiro atoms. The molecular weight excluding hydrogens is 344 g/mol. The second-order valence-corrected chi connectivity index (χ2v) is 8.06. The molecule has 2 aromatic rings. The molecule has 6 heteroatoms. The number of halogens is 1. The summed E-state index contributed by atoms with van der Waals surface area (Å²) in [5.41, 5.74) is 1.22. The monoisotopic (exact) mass is 362 g/mol. The molecule has 1 saturated carbocycles. The van der Waals surface area contributed by atoms with Crippen LogP contribution in [-0.2, 0) is 11.3 Å². The highest BCUT2D eigenvalue weighted by Gasteiger charge is 2.39. The molecule has 1 aromatic carbocycles. The van der Waals surface area contributed by atoms with E-state index < -0.39 is 0 Å². The van der Waals surface area contributed by atoms with Crippen LogP contribution < -0.4 is 5.32 Å². The SMILES string of the molecule is CC1CC1C(=O)Nc1cccc(C(=O)N(C)Cc2ccc(Cl)s2)c1.